The highest BCUT2D eigenvalue weighted by atomic mass is 19.1. The van der Waals surface area contributed by atoms with Crippen molar-refractivity contribution in [1.29, 1.82) is 0 Å². The van der Waals surface area contributed by atoms with E-state index in [1.54, 1.807) is 4.90 Å². The van der Waals surface area contributed by atoms with Crippen molar-refractivity contribution in [3.8, 4) is 0 Å². The molecule has 2 rings (SSSR count). The molecular formula is C18H25F2N3O2. The molecule has 2 N–H and O–H groups in total. The van der Waals surface area contributed by atoms with Crippen molar-refractivity contribution in [2.24, 2.45) is 5.73 Å². The number of nitrogens with two attached hydrogens (primary N) is 1. The maximum absolute atomic E-state index is 13.7. The summed E-state index contributed by atoms with van der Waals surface area (Å²) < 4.78 is 27.5. The fraction of sp³-hybridized carbons (Fsp3) is 0.556. The van der Waals surface area contributed by atoms with E-state index in [0.717, 1.165) is 37.8 Å². The van der Waals surface area contributed by atoms with Crippen molar-refractivity contribution in [3.63, 3.8) is 0 Å². The molecule has 1 heterocycles. The van der Waals surface area contributed by atoms with Gasteiger partial charge in [-0.1, -0.05) is 18.9 Å². The van der Waals surface area contributed by atoms with E-state index in [1.165, 1.54) is 11.0 Å². The lowest BCUT2D eigenvalue weighted by Gasteiger charge is -2.35. The second-order valence-corrected chi connectivity index (χ2v) is 6.22. The second kappa shape index (κ2) is 9.46. The number of unbranched alkanes of at least 4 members (excludes halogenated alkanes) is 3. The van der Waals surface area contributed by atoms with Crippen LogP contribution >= 0.6 is 0 Å². The molecule has 1 fully saturated rings. The molecule has 1 aliphatic rings. The van der Waals surface area contributed by atoms with Crippen LogP contribution in [0.2, 0.25) is 0 Å². The number of hydrogen-bond donors (Lipinski definition) is 1. The molecule has 2 amide bonds. The van der Waals surface area contributed by atoms with Gasteiger partial charge in [-0.2, -0.15) is 0 Å². The lowest BCUT2D eigenvalue weighted by atomic mass is 10.1. The van der Waals surface area contributed by atoms with Gasteiger partial charge in [-0.15, -0.1) is 0 Å². The highest BCUT2D eigenvalue weighted by Gasteiger charge is 2.27. The summed E-state index contributed by atoms with van der Waals surface area (Å²) in [4.78, 5) is 27.6. The Hall–Kier alpha value is -2.02. The summed E-state index contributed by atoms with van der Waals surface area (Å²) in [5.41, 5.74) is 4.91. The Balaban J connectivity index is 1.81. The first-order valence-corrected chi connectivity index (χ1v) is 8.75. The van der Waals surface area contributed by atoms with Crippen LogP contribution in [0, 0.1) is 11.6 Å². The Kier molecular flexibility index (Phi) is 7.31. The van der Waals surface area contributed by atoms with Crippen LogP contribution < -0.4 is 5.73 Å². The number of hydrogen-bond acceptors (Lipinski definition) is 3. The van der Waals surface area contributed by atoms with E-state index in [0.29, 0.717) is 26.1 Å². The summed E-state index contributed by atoms with van der Waals surface area (Å²) >= 11 is 0. The fourth-order valence-corrected chi connectivity index (χ4v) is 2.95. The van der Waals surface area contributed by atoms with Crippen LogP contribution in [0.15, 0.2) is 18.2 Å². The van der Waals surface area contributed by atoms with E-state index in [4.69, 9.17) is 5.73 Å². The van der Waals surface area contributed by atoms with Gasteiger partial charge in [0.25, 0.3) is 5.91 Å². The van der Waals surface area contributed by atoms with Gasteiger partial charge in [0.1, 0.15) is 17.2 Å². The summed E-state index contributed by atoms with van der Waals surface area (Å²) in [6.07, 6.45) is 4.30. The standard InChI is InChI=1S/C18H25F2N3O2/c19-14-6-5-7-15(20)17(14)18(25)23-12-10-22(11-13-23)16(24)8-3-1-2-4-9-21/h5-7H,1-4,8-13,21H2. The van der Waals surface area contributed by atoms with Crippen LogP contribution in [-0.4, -0.2) is 54.3 Å². The minimum atomic E-state index is -0.860. The first kappa shape index (κ1) is 19.3. The monoisotopic (exact) mass is 353 g/mol. The molecule has 0 atom stereocenters. The molecule has 25 heavy (non-hydrogen) atoms. The first-order valence-electron chi connectivity index (χ1n) is 8.75. The topological polar surface area (TPSA) is 66.6 Å². The van der Waals surface area contributed by atoms with Crippen molar-refractivity contribution in [1.82, 2.24) is 9.80 Å². The van der Waals surface area contributed by atoms with Gasteiger partial charge in [0, 0.05) is 32.6 Å². The van der Waals surface area contributed by atoms with Crippen molar-refractivity contribution in [2.75, 3.05) is 32.7 Å². The molecule has 1 saturated heterocycles. The number of carbonyl (C=O) groups excluding carboxylic acids is 2. The number of halogens is 2. The zero-order valence-corrected chi connectivity index (χ0v) is 14.3. The molecule has 138 valence electrons. The van der Waals surface area contributed by atoms with Gasteiger partial charge >= 0.3 is 0 Å². The number of amides is 2. The van der Waals surface area contributed by atoms with Crippen molar-refractivity contribution in [2.45, 2.75) is 32.1 Å². The summed E-state index contributed by atoms with van der Waals surface area (Å²) in [5.74, 6) is -2.32. The first-order chi connectivity index (χ1) is 12.0. The molecule has 0 radical (unpaired) electrons. The van der Waals surface area contributed by atoms with Crippen molar-refractivity contribution < 1.29 is 18.4 Å². The predicted octanol–water partition coefficient (Wildman–Crippen LogP) is 2.16. The molecule has 0 saturated carbocycles. The average Bonchev–Trinajstić information content (AvgIpc) is 2.61. The van der Waals surface area contributed by atoms with Crippen LogP contribution in [0.3, 0.4) is 0 Å². The van der Waals surface area contributed by atoms with E-state index in [2.05, 4.69) is 0 Å². The largest absolute Gasteiger partial charge is 0.339 e. The summed E-state index contributed by atoms with van der Waals surface area (Å²) in [6, 6.07) is 3.37. The molecule has 0 spiro atoms. The summed E-state index contributed by atoms with van der Waals surface area (Å²) in [6.45, 7) is 2.02. The van der Waals surface area contributed by atoms with Crippen molar-refractivity contribution >= 4 is 11.8 Å². The third kappa shape index (κ3) is 5.22. The van der Waals surface area contributed by atoms with E-state index < -0.39 is 23.1 Å². The van der Waals surface area contributed by atoms with E-state index >= 15 is 0 Å². The predicted molar refractivity (Wildman–Crippen MR) is 91.0 cm³/mol. The van der Waals surface area contributed by atoms with Crippen LogP contribution in [0.4, 0.5) is 8.78 Å². The smallest absolute Gasteiger partial charge is 0.259 e. The third-order valence-corrected chi connectivity index (χ3v) is 4.44. The summed E-state index contributed by atoms with van der Waals surface area (Å²) in [7, 11) is 0. The van der Waals surface area contributed by atoms with Gasteiger partial charge in [-0.05, 0) is 31.5 Å². The molecule has 0 aromatic heterocycles. The highest BCUT2D eigenvalue weighted by molar-refractivity contribution is 5.95. The van der Waals surface area contributed by atoms with E-state index in [9.17, 15) is 18.4 Å². The molecule has 0 unspecified atom stereocenters. The Morgan fingerprint density at radius 1 is 0.920 bits per heavy atom. The van der Waals surface area contributed by atoms with Gasteiger partial charge in [0.2, 0.25) is 5.91 Å². The Labute approximate surface area is 146 Å². The molecule has 1 aromatic rings. The summed E-state index contributed by atoms with van der Waals surface area (Å²) in [5, 5.41) is 0. The van der Waals surface area contributed by atoms with Crippen LogP contribution in [-0.2, 0) is 4.79 Å². The van der Waals surface area contributed by atoms with Gasteiger partial charge in [0.05, 0.1) is 0 Å². The zero-order chi connectivity index (χ0) is 18.2. The van der Waals surface area contributed by atoms with Crippen LogP contribution in [0.5, 0.6) is 0 Å². The zero-order valence-electron chi connectivity index (χ0n) is 14.3. The number of nitrogens with zero attached hydrogens (tertiary/aromatic N) is 2. The molecule has 1 aromatic carbocycles. The Bertz CT molecular complexity index is 582. The molecule has 0 bridgehead atoms. The quantitative estimate of drug-likeness (QED) is 0.764. The Morgan fingerprint density at radius 2 is 1.48 bits per heavy atom. The van der Waals surface area contributed by atoms with Gasteiger partial charge in [-0.25, -0.2) is 8.78 Å². The van der Waals surface area contributed by atoms with Gasteiger partial charge in [0.15, 0.2) is 0 Å². The molecule has 5 nitrogen and oxygen atoms in total. The molecule has 0 aliphatic carbocycles. The van der Waals surface area contributed by atoms with E-state index in [-0.39, 0.29) is 19.0 Å². The second-order valence-electron chi connectivity index (χ2n) is 6.22. The lowest BCUT2D eigenvalue weighted by molar-refractivity contribution is -0.132. The third-order valence-electron chi connectivity index (χ3n) is 4.44. The number of carbonyl (C=O) groups is 2. The van der Waals surface area contributed by atoms with Gasteiger partial charge < -0.3 is 15.5 Å². The molecule has 1 aliphatic heterocycles. The number of rotatable bonds is 7. The number of piperazine rings is 1. The van der Waals surface area contributed by atoms with Crippen LogP contribution in [0.1, 0.15) is 42.5 Å². The normalized spacial score (nSPS) is 14.7. The average molecular weight is 353 g/mol. The van der Waals surface area contributed by atoms with Crippen LogP contribution in [0.25, 0.3) is 0 Å². The van der Waals surface area contributed by atoms with Crippen molar-refractivity contribution in [3.05, 3.63) is 35.4 Å². The fourth-order valence-electron chi connectivity index (χ4n) is 2.95. The Morgan fingerprint density at radius 3 is 2.08 bits per heavy atom. The maximum Gasteiger partial charge on any atom is 0.259 e. The van der Waals surface area contributed by atoms with Gasteiger partial charge in [-0.3, -0.25) is 9.59 Å². The highest BCUT2D eigenvalue weighted by Crippen LogP contribution is 2.16. The SMILES string of the molecule is NCCCCCCC(=O)N1CCN(C(=O)c2c(F)cccc2F)CC1. The maximum atomic E-state index is 13.7. The molecular weight excluding hydrogens is 328 g/mol. The van der Waals surface area contributed by atoms with E-state index in [1.807, 2.05) is 0 Å². The minimum absolute atomic E-state index is 0.0666. The minimum Gasteiger partial charge on any atom is -0.339 e. The number of benzene rings is 1. The molecule has 7 heteroatoms. The lowest BCUT2D eigenvalue weighted by Crippen LogP contribution is -2.50.